The van der Waals surface area contributed by atoms with E-state index < -0.39 is 0 Å². The molecule has 0 aliphatic carbocycles. The van der Waals surface area contributed by atoms with Gasteiger partial charge in [-0.2, -0.15) is 0 Å². The number of carbonyl (C=O) groups excluding carboxylic acids is 2. The highest BCUT2D eigenvalue weighted by Gasteiger charge is 2.37. The molecule has 5 nitrogen and oxygen atoms in total. The quantitative estimate of drug-likeness (QED) is 0.590. The first-order valence-corrected chi connectivity index (χ1v) is 10.8. The molecular formula is C26H34N2O3. The first kappa shape index (κ1) is 22.9. The first-order valence-electron chi connectivity index (χ1n) is 10.8. The molecule has 2 aromatic carbocycles. The molecule has 2 aromatic rings. The maximum Gasteiger partial charge on any atom is 0.332 e. The van der Waals surface area contributed by atoms with Crippen molar-refractivity contribution in [2.24, 2.45) is 0 Å². The predicted octanol–water partition coefficient (Wildman–Crippen LogP) is 5.75. The lowest BCUT2D eigenvalue weighted by Gasteiger charge is -2.25. The fourth-order valence-corrected chi connectivity index (χ4v) is 3.82. The van der Waals surface area contributed by atoms with E-state index in [9.17, 15) is 9.59 Å². The largest absolute Gasteiger partial charge is 0.488 e. The molecule has 3 amide bonds. The fraction of sp³-hybridized carbons (Fsp3) is 0.462. The van der Waals surface area contributed by atoms with Gasteiger partial charge >= 0.3 is 6.03 Å². The Morgan fingerprint density at radius 2 is 1.45 bits per heavy atom. The van der Waals surface area contributed by atoms with E-state index in [0.717, 1.165) is 28.1 Å². The summed E-state index contributed by atoms with van der Waals surface area (Å²) in [5.41, 5.74) is 4.60. The summed E-state index contributed by atoms with van der Waals surface area (Å²) in [6, 6.07) is 11.6. The Morgan fingerprint density at radius 3 is 1.94 bits per heavy atom. The first-order chi connectivity index (χ1) is 14.3. The summed E-state index contributed by atoms with van der Waals surface area (Å²) in [6.07, 6.45) is 0. The Labute approximate surface area is 186 Å². The third-order valence-electron chi connectivity index (χ3n) is 5.37. The molecule has 0 bridgehead atoms. The van der Waals surface area contributed by atoms with E-state index in [1.165, 1.54) is 10.5 Å². The van der Waals surface area contributed by atoms with E-state index in [1.54, 1.807) is 4.90 Å². The smallest absolute Gasteiger partial charge is 0.332 e. The number of ether oxygens (including phenoxy) is 1. The molecule has 5 heteroatoms. The average Bonchev–Trinajstić information content (AvgIpc) is 2.92. The number of benzene rings is 2. The molecule has 0 saturated carbocycles. The highest BCUT2D eigenvalue weighted by molar-refractivity contribution is 6.12. The second-order valence-corrected chi connectivity index (χ2v) is 10.4. The van der Waals surface area contributed by atoms with Gasteiger partial charge in [0.25, 0.3) is 5.91 Å². The molecule has 1 aliphatic rings. The van der Waals surface area contributed by atoms with Crippen molar-refractivity contribution in [2.45, 2.75) is 73.0 Å². The molecule has 0 spiro atoms. The Hall–Kier alpha value is -2.82. The van der Waals surface area contributed by atoms with Gasteiger partial charge < -0.3 is 4.74 Å². The monoisotopic (exact) mass is 422 g/mol. The van der Waals surface area contributed by atoms with E-state index in [2.05, 4.69) is 20.8 Å². The summed E-state index contributed by atoms with van der Waals surface area (Å²) < 4.78 is 6.08. The summed E-state index contributed by atoms with van der Waals surface area (Å²) in [7, 11) is 0. The number of carbonyl (C=O) groups is 2. The average molecular weight is 423 g/mol. The van der Waals surface area contributed by atoms with E-state index in [-0.39, 0.29) is 36.0 Å². The molecule has 0 unspecified atom stereocenters. The van der Waals surface area contributed by atoms with Crippen LogP contribution in [0.3, 0.4) is 0 Å². The molecular weight excluding hydrogens is 388 g/mol. The van der Waals surface area contributed by atoms with Crippen LogP contribution in [0.25, 0.3) is 0 Å². The Bertz CT molecular complexity index is 972. The number of hydrogen-bond donors (Lipinski definition) is 0. The van der Waals surface area contributed by atoms with Crippen LogP contribution in [-0.4, -0.2) is 29.0 Å². The van der Waals surface area contributed by atoms with Crippen LogP contribution >= 0.6 is 0 Å². The molecule has 1 saturated heterocycles. The van der Waals surface area contributed by atoms with Crippen LogP contribution in [0.1, 0.15) is 63.8 Å². The second-order valence-electron chi connectivity index (χ2n) is 10.4. The lowest BCUT2D eigenvalue weighted by atomic mass is 9.87. The standard InChI is InChI=1S/C26H34N2O3/c1-17-13-19(14-18(2)23(17)31-26(6,7)8)15-28-22(29)16-27(24(28)30)21-11-9-20(10-12-21)25(3,4)5/h9-14H,15-16H2,1-8H3. The minimum Gasteiger partial charge on any atom is -0.488 e. The molecule has 0 N–H and O–H groups in total. The molecule has 0 atom stereocenters. The fourth-order valence-electron chi connectivity index (χ4n) is 3.82. The van der Waals surface area contributed by atoms with Crippen molar-refractivity contribution in [3.05, 3.63) is 58.7 Å². The molecule has 166 valence electrons. The highest BCUT2D eigenvalue weighted by Crippen LogP contribution is 2.31. The molecule has 0 aromatic heterocycles. The summed E-state index contributed by atoms with van der Waals surface area (Å²) in [5.74, 6) is 0.672. The molecule has 0 radical (unpaired) electrons. The molecule has 1 fully saturated rings. The number of imide groups is 1. The van der Waals surface area contributed by atoms with Crippen molar-refractivity contribution < 1.29 is 14.3 Å². The molecule has 3 rings (SSSR count). The van der Waals surface area contributed by atoms with E-state index in [4.69, 9.17) is 4.74 Å². The summed E-state index contributed by atoms with van der Waals surface area (Å²) in [5, 5.41) is 0. The number of rotatable bonds is 4. The van der Waals surface area contributed by atoms with Gasteiger partial charge in [0.1, 0.15) is 17.9 Å². The van der Waals surface area contributed by atoms with Crippen molar-refractivity contribution in [3.8, 4) is 5.75 Å². The van der Waals surface area contributed by atoms with Gasteiger partial charge in [-0.15, -0.1) is 0 Å². The highest BCUT2D eigenvalue weighted by atomic mass is 16.5. The number of anilines is 1. The predicted molar refractivity (Wildman–Crippen MR) is 125 cm³/mol. The number of aryl methyl sites for hydroxylation is 2. The van der Waals surface area contributed by atoms with E-state index in [1.807, 2.05) is 71.0 Å². The number of urea groups is 1. The van der Waals surface area contributed by atoms with E-state index in [0.29, 0.717) is 0 Å². The minimum absolute atomic E-state index is 0.0357. The van der Waals surface area contributed by atoms with Gasteiger partial charge in [-0.1, -0.05) is 45.0 Å². The Morgan fingerprint density at radius 1 is 0.903 bits per heavy atom. The SMILES string of the molecule is Cc1cc(CN2C(=O)CN(c3ccc(C(C)(C)C)cc3)C2=O)cc(C)c1OC(C)(C)C. The van der Waals surface area contributed by atoms with Crippen molar-refractivity contribution in [1.29, 1.82) is 0 Å². The Kier molecular flexibility index (Phi) is 5.92. The van der Waals surface area contributed by atoms with Crippen LogP contribution in [0.2, 0.25) is 0 Å². The third-order valence-corrected chi connectivity index (χ3v) is 5.37. The zero-order valence-corrected chi connectivity index (χ0v) is 20.0. The lowest BCUT2D eigenvalue weighted by Crippen LogP contribution is -2.32. The van der Waals surface area contributed by atoms with Crippen LogP contribution in [0.15, 0.2) is 36.4 Å². The summed E-state index contributed by atoms with van der Waals surface area (Å²) >= 11 is 0. The zero-order chi connectivity index (χ0) is 23.1. The van der Waals surface area contributed by atoms with Crippen LogP contribution in [0.5, 0.6) is 5.75 Å². The molecule has 1 aliphatic heterocycles. The van der Waals surface area contributed by atoms with Crippen molar-refractivity contribution in [1.82, 2.24) is 4.90 Å². The zero-order valence-electron chi connectivity index (χ0n) is 20.0. The van der Waals surface area contributed by atoms with Gasteiger partial charge in [0.2, 0.25) is 0 Å². The van der Waals surface area contributed by atoms with Gasteiger partial charge in [-0.3, -0.25) is 14.6 Å². The summed E-state index contributed by atoms with van der Waals surface area (Å²) in [6.45, 7) is 16.8. The minimum atomic E-state index is -0.291. The number of amides is 3. The van der Waals surface area contributed by atoms with Crippen LogP contribution in [-0.2, 0) is 16.8 Å². The third kappa shape index (κ3) is 5.09. The molecule has 31 heavy (non-hydrogen) atoms. The maximum atomic E-state index is 13.0. The van der Waals surface area contributed by atoms with Crippen LogP contribution in [0, 0.1) is 13.8 Å². The lowest BCUT2D eigenvalue weighted by molar-refractivity contribution is -0.125. The van der Waals surface area contributed by atoms with E-state index >= 15 is 0 Å². The topological polar surface area (TPSA) is 49.9 Å². The van der Waals surface area contributed by atoms with Gasteiger partial charge in [-0.05, 0) is 74.4 Å². The summed E-state index contributed by atoms with van der Waals surface area (Å²) in [4.78, 5) is 28.6. The molecule has 1 heterocycles. The van der Waals surface area contributed by atoms with Crippen molar-refractivity contribution in [3.63, 3.8) is 0 Å². The second kappa shape index (κ2) is 8.03. The van der Waals surface area contributed by atoms with Crippen LogP contribution in [0.4, 0.5) is 10.5 Å². The van der Waals surface area contributed by atoms with Gasteiger partial charge in [0.05, 0.1) is 6.54 Å². The number of hydrogen-bond acceptors (Lipinski definition) is 3. The van der Waals surface area contributed by atoms with Crippen LogP contribution < -0.4 is 9.64 Å². The van der Waals surface area contributed by atoms with Crippen molar-refractivity contribution in [2.75, 3.05) is 11.4 Å². The van der Waals surface area contributed by atoms with Crippen molar-refractivity contribution >= 4 is 17.6 Å². The van der Waals surface area contributed by atoms with Gasteiger partial charge in [0, 0.05) is 5.69 Å². The maximum absolute atomic E-state index is 13.0. The Balaban J connectivity index is 1.79. The number of nitrogens with zero attached hydrogens (tertiary/aromatic N) is 2. The van der Waals surface area contributed by atoms with Gasteiger partial charge in [0.15, 0.2) is 0 Å². The normalized spacial score (nSPS) is 15.1. The van der Waals surface area contributed by atoms with Gasteiger partial charge in [-0.25, -0.2) is 4.79 Å².